The third-order valence-corrected chi connectivity index (χ3v) is 10.4. The van der Waals surface area contributed by atoms with Gasteiger partial charge in [0.25, 0.3) is 6.71 Å². The second-order valence-electron chi connectivity index (χ2n) is 13.4. The Morgan fingerprint density at radius 2 is 1.37 bits per heavy atom. The van der Waals surface area contributed by atoms with Gasteiger partial charge in [0.1, 0.15) is 11.5 Å². The molecule has 0 unspecified atom stereocenters. The molecular formula is C42H31BN2O. The Morgan fingerprint density at radius 1 is 0.652 bits per heavy atom. The quantitative estimate of drug-likeness (QED) is 0.192. The molecule has 0 radical (unpaired) electrons. The number of hydrogen-bond donors (Lipinski definition) is 0. The standard InChI is InChI=1S/C42H31BN2O/c1-26-23-35-39-37(24-26)46-36-25-29(44(27-13-6-4-7-14-27)28-15-8-5-9-16-28)21-22-33(36)43(39)34-20-12-18-31-38-41(45(35)40(31)34)30-17-10-11-19-32(30)42(38,2)3/h4-25H,1-3H3. The number of para-hydroxylation sites is 3. The van der Waals surface area contributed by atoms with Crippen LogP contribution in [0.25, 0.3) is 27.8 Å². The van der Waals surface area contributed by atoms with Crippen molar-refractivity contribution in [1.82, 2.24) is 4.57 Å². The molecular weight excluding hydrogens is 559 g/mol. The maximum atomic E-state index is 6.94. The van der Waals surface area contributed by atoms with Crippen LogP contribution in [0.4, 0.5) is 17.1 Å². The Labute approximate surface area is 269 Å². The molecule has 7 aromatic rings. The van der Waals surface area contributed by atoms with Crippen LogP contribution in [-0.2, 0) is 5.41 Å². The number of rotatable bonds is 3. The van der Waals surface area contributed by atoms with Crippen LogP contribution < -0.4 is 26.0 Å². The normalized spacial score (nSPS) is 14.3. The van der Waals surface area contributed by atoms with Gasteiger partial charge in [0.15, 0.2) is 0 Å². The van der Waals surface area contributed by atoms with E-state index in [1.807, 2.05) is 0 Å². The monoisotopic (exact) mass is 590 g/mol. The van der Waals surface area contributed by atoms with Gasteiger partial charge < -0.3 is 14.2 Å². The van der Waals surface area contributed by atoms with E-state index in [1.54, 1.807) is 0 Å². The van der Waals surface area contributed by atoms with Gasteiger partial charge in [-0.2, -0.15) is 0 Å². The van der Waals surface area contributed by atoms with Crippen molar-refractivity contribution in [2.75, 3.05) is 4.90 Å². The number of benzene rings is 6. The van der Waals surface area contributed by atoms with E-state index >= 15 is 0 Å². The number of aromatic nitrogens is 1. The lowest BCUT2D eigenvalue weighted by Gasteiger charge is -2.35. The molecule has 10 rings (SSSR count). The Balaban J connectivity index is 1.24. The van der Waals surface area contributed by atoms with Crippen molar-refractivity contribution in [3.05, 3.63) is 150 Å². The molecule has 0 N–H and O–H groups in total. The fourth-order valence-corrected chi connectivity index (χ4v) is 8.59. The van der Waals surface area contributed by atoms with Crippen LogP contribution in [0.5, 0.6) is 11.5 Å². The van der Waals surface area contributed by atoms with Crippen molar-refractivity contribution >= 4 is 51.1 Å². The summed E-state index contributed by atoms with van der Waals surface area (Å²) in [4.78, 5) is 2.30. The zero-order valence-electron chi connectivity index (χ0n) is 26.1. The Hall–Kier alpha value is -5.48. The maximum absolute atomic E-state index is 6.94. The average molecular weight is 591 g/mol. The highest BCUT2D eigenvalue weighted by Gasteiger charge is 2.46. The van der Waals surface area contributed by atoms with Crippen molar-refractivity contribution in [1.29, 1.82) is 0 Å². The van der Waals surface area contributed by atoms with E-state index in [9.17, 15) is 0 Å². The predicted molar refractivity (Wildman–Crippen MR) is 191 cm³/mol. The summed E-state index contributed by atoms with van der Waals surface area (Å²) in [5, 5.41) is 1.35. The topological polar surface area (TPSA) is 17.4 Å². The van der Waals surface area contributed by atoms with E-state index in [2.05, 4.69) is 164 Å². The van der Waals surface area contributed by atoms with Gasteiger partial charge in [-0.25, -0.2) is 0 Å². The molecule has 0 spiro atoms. The highest BCUT2D eigenvalue weighted by molar-refractivity contribution is 6.99. The summed E-state index contributed by atoms with van der Waals surface area (Å²) in [6, 6.07) is 48.4. The van der Waals surface area contributed by atoms with Crippen LogP contribution in [0.1, 0.15) is 30.5 Å². The van der Waals surface area contributed by atoms with E-state index in [4.69, 9.17) is 4.74 Å². The zero-order valence-corrected chi connectivity index (χ0v) is 26.1. The molecule has 0 bridgehead atoms. The number of anilines is 3. The molecule has 46 heavy (non-hydrogen) atoms. The van der Waals surface area contributed by atoms with E-state index < -0.39 is 0 Å². The van der Waals surface area contributed by atoms with Crippen LogP contribution in [0, 0.1) is 6.92 Å². The van der Waals surface area contributed by atoms with Crippen molar-refractivity contribution in [3.8, 4) is 28.4 Å². The molecule has 4 heteroatoms. The first kappa shape index (κ1) is 25.8. The van der Waals surface area contributed by atoms with Gasteiger partial charge in [-0.3, -0.25) is 0 Å². The molecule has 3 aliphatic rings. The molecule has 0 fully saturated rings. The van der Waals surface area contributed by atoms with Crippen molar-refractivity contribution in [3.63, 3.8) is 0 Å². The molecule has 2 aliphatic heterocycles. The third kappa shape index (κ3) is 3.28. The van der Waals surface area contributed by atoms with E-state index in [0.29, 0.717) is 0 Å². The summed E-state index contributed by atoms with van der Waals surface area (Å²) in [5.74, 6) is 1.87. The lowest BCUT2D eigenvalue weighted by molar-refractivity contribution is 0.487. The Kier molecular flexibility index (Phi) is 5.08. The Bertz CT molecular complexity index is 2350. The summed E-state index contributed by atoms with van der Waals surface area (Å²) in [6.45, 7) is 7.03. The molecule has 3 nitrogen and oxygen atoms in total. The Morgan fingerprint density at radius 3 is 2.13 bits per heavy atom. The van der Waals surface area contributed by atoms with Crippen molar-refractivity contribution in [2.45, 2.75) is 26.2 Å². The van der Waals surface area contributed by atoms with Gasteiger partial charge in [-0.05, 0) is 82.5 Å². The lowest BCUT2D eigenvalue weighted by Crippen LogP contribution is -2.58. The number of ether oxygens (including phenoxy) is 1. The van der Waals surface area contributed by atoms with Crippen LogP contribution in [0.2, 0.25) is 0 Å². The second kappa shape index (κ2) is 9.05. The smallest absolute Gasteiger partial charge is 0.256 e. The van der Waals surface area contributed by atoms with Gasteiger partial charge in [0.05, 0.1) is 5.69 Å². The van der Waals surface area contributed by atoms with Crippen LogP contribution in [0.3, 0.4) is 0 Å². The number of aryl methyl sites for hydroxylation is 1. The highest BCUT2D eigenvalue weighted by atomic mass is 16.5. The molecule has 0 atom stereocenters. The molecule has 1 aromatic heterocycles. The fraction of sp³-hybridized carbons (Fsp3) is 0.0952. The lowest BCUT2D eigenvalue weighted by atomic mass is 9.34. The van der Waals surface area contributed by atoms with Crippen LogP contribution in [0.15, 0.2) is 133 Å². The number of fused-ring (bicyclic) bond motifs is 9. The summed E-state index contributed by atoms with van der Waals surface area (Å²) in [5.41, 5.74) is 16.3. The summed E-state index contributed by atoms with van der Waals surface area (Å²) >= 11 is 0. The first-order chi connectivity index (χ1) is 22.5. The predicted octanol–water partition coefficient (Wildman–Crippen LogP) is 8.65. The fourth-order valence-electron chi connectivity index (χ4n) is 8.59. The van der Waals surface area contributed by atoms with Gasteiger partial charge in [-0.1, -0.05) is 98.8 Å². The summed E-state index contributed by atoms with van der Waals surface area (Å²) in [6.07, 6.45) is 0. The van der Waals surface area contributed by atoms with Crippen molar-refractivity contribution in [2.24, 2.45) is 0 Å². The average Bonchev–Trinajstić information content (AvgIpc) is 3.55. The van der Waals surface area contributed by atoms with Crippen LogP contribution in [-0.4, -0.2) is 11.3 Å². The molecule has 0 amide bonds. The third-order valence-electron chi connectivity index (χ3n) is 10.4. The second-order valence-corrected chi connectivity index (χ2v) is 13.4. The van der Waals surface area contributed by atoms with Gasteiger partial charge >= 0.3 is 0 Å². The van der Waals surface area contributed by atoms with Gasteiger partial charge in [-0.15, -0.1) is 0 Å². The number of nitrogens with zero attached hydrogens (tertiary/aromatic N) is 2. The molecule has 6 aromatic carbocycles. The van der Waals surface area contributed by atoms with E-state index in [-0.39, 0.29) is 12.1 Å². The molecule has 0 saturated heterocycles. The molecule has 0 saturated carbocycles. The van der Waals surface area contributed by atoms with Crippen molar-refractivity contribution < 1.29 is 4.74 Å². The molecule has 1 aliphatic carbocycles. The maximum Gasteiger partial charge on any atom is 0.256 e. The SMILES string of the molecule is Cc1cc2c3c(c1)-n1c4c(c5cccc(c51)B3c1ccc(N(c3ccccc3)c3ccccc3)cc1O2)C(C)(C)c1ccccc1-4. The van der Waals surface area contributed by atoms with Gasteiger partial charge in [0, 0.05) is 50.7 Å². The molecule has 218 valence electrons. The van der Waals surface area contributed by atoms with E-state index in [1.165, 1.54) is 60.9 Å². The minimum absolute atomic E-state index is 0.0786. The molecule has 3 heterocycles. The zero-order chi connectivity index (χ0) is 30.7. The number of hydrogen-bond acceptors (Lipinski definition) is 2. The van der Waals surface area contributed by atoms with E-state index in [0.717, 1.165) is 28.6 Å². The first-order valence-electron chi connectivity index (χ1n) is 16.2. The highest BCUT2D eigenvalue weighted by Crippen LogP contribution is 2.54. The summed E-state index contributed by atoms with van der Waals surface area (Å²) in [7, 11) is 0. The first-order valence-corrected chi connectivity index (χ1v) is 16.2. The van der Waals surface area contributed by atoms with Gasteiger partial charge in [0.2, 0.25) is 0 Å². The minimum atomic E-state index is -0.0947. The summed E-state index contributed by atoms with van der Waals surface area (Å²) < 4.78 is 9.51. The largest absolute Gasteiger partial charge is 0.458 e. The van der Waals surface area contributed by atoms with Crippen LogP contribution >= 0.6 is 0 Å². The minimum Gasteiger partial charge on any atom is -0.458 e.